The Morgan fingerprint density at radius 2 is 1.62 bits per heavy atom. The molecule has 114 valence electrons. The maximum absolute atomic E-state index is 12.1. The van der Waals surface area contributed by atoms with E-state index in [0.717, 1.165) is 32.7 Å². The van der Waals surface area contributed by atoms with Crippen LogP contribution in [0.5, 0.6) is 0 Å². The molecule has 0 fully saturated rings. The van der Waals surface area contributed by atoms with E-state index in [1.165, 1.54) is 0 Å². The number of rotatable bonds is 1. The summed E-state index contributed by atoms with van der Waals surface area (Å²) >= 11 is 0. The second kappa shape index (κ2) is 4.76. The topological polar surface area (TPSA) is 63.0 Å². The monoisotopic (exact) mass is 312 g/mol. The number of aromatic nitrogens is 4. The average molecular weight is 312 g/mol. The van der Waals surface area contributed by atoms with Crippen LogP contribution in [0.3, 0.4) is 0 Å². The number of H-pyrrole nitrogens is 1. The van der Waals surface area contributed by atoms with Crippen molar-refractivity contribution in [3.8, 4) is 11.1 Å². The van der Waals surface area contributed by atoms with Crippen molar-refractivity contribution in [2.75, 3.05) is 0 Å². The van der Waals surface area contributed by atoms with E-state index in [9.17, 15) is 4.79 Å². The molecular weight excluding hydrogens is 300 g/mol. The third-order valence-electron chi connectivity index (χ3n) is 4.37. The Kier molecular flexibility index (Phi) is 2.58. The highest BCUT2D eigenvalue weighted by molar-refractivity contribution is 6.09. The minimum Gasteiger partial charge on any atom is -0.265 e. The number of nitrogens with zero attached hydrogens (tertiary/aromatic N) is 3. The minimum absolute atomic E-state index is 0.240. The van der Waals surface area contributed by atoms with Gasteiger partial charge in [-0.25, -0.2) is 14.3 Å². The van der Waals surface area contributed by atoms with Crippen molar-refractivity contribution in [1.82, 2.24) is 19.6 Å². The van der Waals surface area contributed by atoms with Crippen molar-refractivity contribution in [2.45, 2.75) is 0 Å². The van der Waals surface area contributed by atoms with Gasteiger partial charge in [0, 0.05) is 29.5 Å². The molecule has 5 heteroatoms. The number of hydrogen-bond donors (Lipinski definition) is 1. The lowest BCUT2D eigenvalue weighted by Gasteiger charge is -2.10. The van der Waals surface area contributed by atoms with E-state index in [1.54, 1.807) is 16.8 Å². The maximum atomic E-state index is 12.1. The van der Waals surface area contributed by atoms with Crippen LogP contribution < -0.4 is 5.69 Å². The van der Waals surface area contributed by atoms with E-state index in [0.29, 0.717) is 5.65 Å². The standard InChI is InChI=1S/C19H12N4O/c24-19-22-21-18-16-10-14-4-2-1-3-13(14)9-15(16)17(11-23(18)19)12-5-7-20-8-6-12/h1-11H,(H,22,24). The first kappa shape index (κ1) is 13.0. The van der Waals surface area contributed by atoms with Crippen molar-refractivity contribution in [3.05, 3.63) is 77.6 Å². The molecule has 0 saturated carbocycles. The second-order valence-electron chi connectivity index (χ2n) is 5.75. The molecule has 0 atom stereocenters. The summed E-state index contributed by atoms with van der Waals surface area (Å²) < 4.78 is 1.56. The lowest BCUT2D eigenvalue weighted by molar-refractivity contribution is 1.02. The largest absolute Gasteiger partial charge is 0.347 e. The van der Waals surface area contributed by atoms with Crippen LogP contribution in [-0.4, -0.2) is 19.6 Å². The third-order valence-corrected chi connectivity index (χ3v) is 4.37. The fourth-order valence-corrected chi connectivity index (χ4v) is 3.22. The molecule has 0 amide bonds. The van der Waals surface area contributed by atoms with E-state index < -0.39 is 0 Å². The molecule has 5 nitrogen and oxygen atoms in total. The van der Waals surface area contributed by atoms with Gasteiger partial charge in [-0.05, 0) is 46.0 Å². The molecule has 0 unspecified atom stereocenters. The van der Waals surface area contributed by atoms with Crippen LogP contribution in [0.2, 0.25) is 0 Å². The average Bonchev–Trinajstić information content (AvgIpc) is 3.01. The highest BCUT2D eigenvalue weighted by Crippen LogP contribution is 2.33. The highest BCUT2D eigenvalue weighted by Gasteiger charge is 2.12. The molecular formula is C19H12N4O. The van der Waals surface area contributed by atoms with E-state index in [4.69, 9.17) is 0 Å². The van der Waals surface area contributed by atoms with Gasteiger partial charge in [-0.1, -0.05) is 24.3 Å². The van der Waals surface area contributed by atoms with Gasteiger partial charge in [0.1, 0.15) is 0 Å². The summed E-state index contributed by atoms with van der Waals surface area (Å²) in [5.41, 5.74) is 2.39. The molecule has 5 aromatic rings. The first-order valence-electron chi connectivity index (χ1n) is 7.64. The van der Waals surface area contributed by atoms with E-state index in [1.807, 2.05) is 30.5 Å². The molecule has 3 aromatic heterocycles. The number of pyridine rings is 2. The van der Waals surface area contributed by atoms with Crippen LogP contribution in [0.25, 0.3) is 38.3 Å². The van der Waals surface area contributed by atoms with E-state index in [-0.39, 0.29) is 5.69 Å². The molecule has 1 N–H and O–H groups in total. The molecule has 0 aliphatic rings. The van der Waals surface area contributed by atoms with Crippen LogP contribution in [0.1, 0.15) is 0 Å². The molecule has 0 aliphatic carbocycles. The number of fused-ring (bicyclic) bond motifs is 4. The Balaban J connectivity index is 2.04. The van der Waals surface area contributed by atoms with Gasteiger partial charge in [-0.15, -0.1) is 0 Å². The molecule has 24 heavy (non-hydrogen) atoms. The number of benzene rings is 2. The fourth-order valence-electron chi connectivity index (χ4n) is 3.22. The molecule has 0 spiro atoms. The molecule has 0 aliphatic heterocycles. The summed E-state index contributed by atoms with van der Waals surface area (Å²) in [6, 6.07) is 16.3. The zero-order chi connectivity index (χ0) is 16.1. The molecule has 0 radical (unpaired) electrons. The van der Waals surface area contributed by atoms with Crippen molar-refractivity contribution in [3.63, 3.8) is 0 Å². The van der Waals surface area contributed by atoms with Gasteiger partial charge in [-0.2, -0.15) is 5.10 Å². The molecule has 2 aromatic carbocycles. The summed E-state index contributed by atoms with van der Waals surface area (Å²) in [5.74, 6) is 0. The van der Waals surface area contributed by atoms with Gasteiger partial charge >= 0.3 is 5.69 Å². The van der Waals surface area contributed by atoms with Crippen molar-refractivity contribution < 1.29 is 0 Å². The summed E-state index contributed by atoms with van der Waals surface area (Å²) in [6.45, 7) is 0. The predicted molar refractivity (Wildman–Crippen MR) is 94.1 cm³/mol. The van der Waals surface area contributed by atoms with Crippen molar-refractivity contribution >= 4 is 27.2 Å². The van der Waals surface area contributed by atoms with Gasteiger partial charge < -0.3 is 0 Å². The number of aromatic amines is 1. The Bertz CT molecular complexity index is 1270. The normalized spacial score (nSPS) is 11.5. The smallest absolute Gasteiger partial charge is 0.265 e. The van der Waals surface area contributed by atoms with Gasteiger partial charge in [0.05, 0.1) is 0 Å². The summed E-state index contributed by atoms with van der Waals surface area (Å²) in [6.07, 6.45) is 5.35. The zero-order valence-electron chi connectivity index (χ0n) is 12.6. The first-order valence-corrected chi connectivity index (χ1v) is 7.64. The lowest BCUT2D eigenvalue weighted by Crippen LogP contribution is -2.09. The third kappa shape index (κ3) is 1.78. The Morgan fingerprint density at radius 1 is 0.917 bits per heavy atom. The molecule has 5 rings (SSSR count). The van der Waals surface area contributed by atoms with Crippen molar-refractivity contribution in [1.29, 1.82) is 0 Å². The zero-order valence-corrected chi connectivity index (χ0v) is 12.6. The summed E-state index contributed by atoms with van der Waals surface area (Å²) in [7, 11) is 0. The Hall–Kier alpha value is -3.47. The summed E-state index contributed by atoms with van der Waals surface area (Å²) in [4.78, 5) is 16.2. The quantitative estimate of drug-likeness (QED) is 0.483. The maximum Gasteiger partial charge on any atom is 0.347 e. The van der Waals surface area contributed by atoms with Gasteiger partial charge in [0.25, 0.3) is 0 Å². The number of nitrogens with one attached hydrogen (secondary N) is 1. The summed E-state index contributed by atoms with van der Waals surface area (Å²) in [5, 5.41) is 11.0. The Morgan fingerprint density at radius 3 is 2.38 bits per heavy atom. The first-order chi connectivity index (χ1) is 11.8. The molecule has 0 saturated heterocycles. The van der Waals surface area contributed by atoms with Gasteiger partial charge in [-0.3, -0.25) is 4.98 Å². The number of hydrogen-bond acceptors (Lipinski definition) is 3. The van der Waals surface area contributed by atoms with Gasteiger partial charge in [0.2, 0.25) is 0 Å². The minimum atomic E-state index is -0.240. The SMILES string of the molecule is O=c1[nH]nc2c3cc4ccccc4cc3c(-c3ccncc3)cn12. The Labute approximate surface area is 136 Å². The van der Waals surface area contributed by atoms with E-state index in [2.05, 4.69) is 39.4 Å². The van der Waals surface area contributed by atoms with Crippen LogP contribution in [0.4, 0.5) is 0 Å². The van der Waals surface area contributed by atoms with Crippen LogP contribution in [0, 0.1) is 0 Å². The lowest BCUT2D eigenvalue weighted by atomic mass is 9.98. The molecule has 0 bridgehead atoms. The van der Waals surface area contributed by atoms with Gasteiger partial charge in [0.15, 0.2) is 5.65 Å². The molecule has 3 heterocycles. The van der Waals surface area contributed by atoms with Crippen LogP contribution >= 0.6 is 0 Å². The second-order valence-corrected chi connectivity index (χ2v) is 5.75. The fraction of sp³-hybridized carbons (Fsp3) is 0. The van der Waals surface area contributed by atoms with Crippen molar-refractivity contribution in [2.24, 2.45) is 0 Å². The van der Waals surface area contributed by atoms with E-state index >= 15 is 0 Å². The highest BCUT2D eigenvalue weighted by atomic mass is 16.1. The van der Waals surface area contributed by atoms with Crippen LogP contribution in [-0.2, 0) is 0 Å². The predicted octanol–water partition coefficient (Wildman–Crippen LogP) is 3.39. The van der Waals surface area contributed by atoms with Crippen LogP contribution in [0.15, 0.2) is 71.9 Å².